The molecule has 3 unspecified atom stereocenters. The lowest BCUT2D eigenvalue weighted by Gasteiger charge is -2.07. The summed E-state index contributed by atoms with van der Waals surface area (Å²) in [6.07, 6.45) is 1.27. The summed E-state index contributed by atoms with van der Waals surface area (Å²) in [5, 5.41) is 12.2. The first-order valence-corrected chi connectivity index (χ1v) is 6.11. The van der Waals surface area contributed by atoms with E-state index in [1.54, 1.807) is 0 Å². The number of nitrogens with one attached hydrogen (secondary N) is 1. The molecule has 1 aromatic heterocycles. The van der Waals surface area contributed by atoms with Gasteiger partial charge in [-0.3, -0.25) is 0 Å². The number of hydrogen-bond acceptors (Lipinski definition) is 3. The van der Waals surface area contributed by atoms with Crippen LogP contribution in [0.3, 0.4) is 0 Å². The van der Waals surface area contributed by atoms with E-state index in [1.165, 1.54) is 6.42 Å². The lowest BCUT2D eigenvalue weighted by Crippen LogP contribution is -2.22. The molecular formula is C13H21NO2. The molecule has 1 heterocycles. The first kappa shape index (κ1) is 11.7. The Kier molecular flexibility index (Phi) is 3.66. The van der Waals surface area contributed by atoms with Crippen LogP contribution < -0.4 is 5.32 Å². The minimum atomic E-state index is 0.232. The van der Waals surface area contributed by atoms with Crippen molar-refractivity contribution in [1.29, 1.82) is 0 Å². The highest BCUT2D eigenvalue weighted by molar-refractivity contribution is 5.17. The van der Waals surface area contributed by atoms with Gasteiger partial charge in [-0.1, -0.05) is 13.8 Å². The van der Waals surface area contributed by atoms with Crippen LogP contribution in [0.5, 0.6) is 0 Å². The highest BCUT2D eigenvalue weighted by Gasteiger charge is 2.36. The van der Waals surface area contributed by atoms with E-state index < -0.39 is 0 Å². The Morgan fingerprint density at radius 1 is 1.56 bits per heavy atom. The van der Waals surface area contributed by atoms with Gasteiger partial charge in [0.05, 0.1) is 6.54 Å². The molecule has 0 amide bonds. The summed E-state index contributed by atoms with van der Waals surface area (Å²) in [7, 11) is 0. The quantitative estimate of drug-likeness (QED) is 0.776. The van der Waals surface area contributed by atoms with Crippen LogP contribution in [0.2, 0.25) is 0 Å². The van der Waals surface area contributed by atoms with E-state index in [0.29, 0.717) is 11.8 Å². The molecule has 16 heavy (non-hydrogen) atoms. The van der Waals surface area contributed by atoms with Crippen molar-refractivity contribution in [3.8, 4) is 0 Å². The van der Waals surface area contributed by atoms with Crippen LogP contribution in [-0.4, -0.2) is 18.3 Å². The fourth-order valence-corrected chi connectivity index (χ4v) is 1.91. The van der Waals surface area contributed by atoms with Crippen LogP contribution in [0.4, 0.5) is 0 Å². The summed E-state index contributed by atoms with van der Waals surface area (Å²) in [5.41, 5.74) is 0. The minimum Gasteiger partial charge on any atom is -0.464 e. The summed E-state index contributed by atoms with van der Waals surface area (Å²) in [6, 6.07) is 4.15. The monoisotopic (exact) mass is 223 g/mol. The van der Waals surface area contributed by atoms with E-state index in [-0.39, 0.29) is 6.61 Å². The van der Waals surface area contributed by atoms with Crippen molar-refractivity contribution >= 4 is 0 Å². The van der Waals surface area contributed by atoms with Gasteiger partial charge < -0.3 is 14.8 Å². The zero-order valence-corrected chi connectivity index (χ0v) is 10.1. The Labute approximate surface area is 96.8 Å². The van der Waals surface area contributed by atoms with Crippen LogP contribution >= 0.6 is 0 Å². The molecule has 2 rings (SSSR count). The maximum absolute atomic E-state index is 8.88. The maximum atomic E-state index is 8.88. The fourth-order valence-electron chi connectivity index (χ4n) is 1.91. The first-order chi connectivity index (χ1) is 7.70. The van der Waals surface area contributed by atoms with Crippen LogP contribution in [0, 0.1) is 11.8 Å². The molecule has 0 bridgehead atoms. The third-order valence-corrected chi connectivity index (χ3v) is 3.26. The van der Waals surface area contributed by atoms with E-state index in [4.69, 9.17) is 9.52 Å². The number of furan rings is 1. The molecule has 3 nitrogen and oxygen atoms in total. The van der Waals surface area contributed by atoms with Gasteiger partial charge in [0.15, 0.2) is 0 Å². The molecule has 0 saturated heterocycles. The number of rotatable bonds is 6. The molecule has 2 N–H and O–H groups in total. The molecule has 0 aromatic carbocycles. The second-order valence-corrected chi connectivity index (χ2v) is 5.04. The third kappa shape index (κ3) is 2.86. The van der Waals surface area contributed by atoms with Crippen molar-refractivity contribution in [2.24, 2.45) is 11.8 Å². The topological polar surface area (TPSA) is 45.4 Å². The van der Waals surface area contributed by atoms with Gasteiger partial charge >= 0.3 is 0 Å². The second kappa shape index (κ2) is 5.02. The predicted octanol–water partition coefficient (Wildman–Crippen LogP) is 2.12. The van der Waals surface area contributed by atoms with Gasteiger partial charge in [0.2, 0.25) is 0 Å². The molecule has 3 heteroatoms. The maximum Gasteiger partial charge on any atom is 0.117 e. The Morgan fingerprint density at radius 2 is 2.31 bits per heavy atom. The highest BCUT2D eigenvalue weighted by atomic mass is 16.3. The smallest absolute Gasteiger partial charge is 0.117 e. The lowest BCUT2D eigenvalue weighted by atomic mass is 10.2. The first-order valence-electron chi connectivity index (χ1n) is 6.11. The standard InChI is InChI=1S/C13H21NO2/c1-9(8-15)6-14-7-11-3-4-13(16-11)12-5-10(12)2/h3-4,9-10,12,14-15H,5-8H2,1-2H3. The lowest BCUT2D eigenvalue weighted by molar-refractivity contribution is 0.232. The molecule has 3 atom stereocenters. The van der Waals surface area contributed by atoms with Gasteiger partial charge in [0.25, 0.3) is 0 Å². The van der Waals surface area contributed by atoms with Gasteiger partial charge in [0.1, 0.15) is 11.5 Å². The molecule has 1 fully saturated rings. The Balaban J connectivity index is 1.75. The van der Waals surface area contributed by atoms with Gasteiger partial charge in [-0.25, -0.2) is 0 Å². The van der Waals surface area contributed by atoms with Crippen molar-refractivity contribution in [2.45, 2.75) is 32.7 Å². The average Bonchev–Trinajstić information content (AvgIpc) is 2.82. The van der Waals surface area contributed by atoms with Crippen molar-refractivity contribution in [2.75, 3.05) is 13.2 Å². The molecule has 0 aliphatic heterocycles. The van der Waals surface area contributed by atoms with Gasteiger partial charge in [-0.2, -0.15) is 0 Å². The number of aliphatic hydroxyl groups is 1. The van der Waals surface area contributed by atoms with Crippen molar-refractivity contribution in [1.82, 2.24) is 5.32 Å². The zero-order chi connectivity index (χ0) is 11.5. The average molecular weight is 223 g/mol. The van der Waals surface area contributed by atoms with Crippen LogP contribution in [-0.2, 0) is 6.54 Å². The molecule has 90 valence electrons. The fraction of sp³-hybridized carbons (Fsp3) is 0.692. The van der Waals surface area contributed by atoms with E-state index in [0.717, 1.165) is 30.5 Å². The Hall–Kier alpha value is -0.800. The van der Waals surface area contributed by atoms with E-state index in [2.05, 4.69) is 24.4 Å². The molecule has 0 spiro atoms. The minimum absolute atomic E-state index is 0.232. The van der Waals surface area contributed by atoms with Crippen LogP contribution in [0.15, 0.2) is 16.5 Å². The summed E-state index contributed by atoms with van der Waals surface area (Å²) < 4.78 is 5.77. The molecule has 1 aliphatic carbocycles. The normalized spacial score (nSPS) is 25.7. The predicted molar refractivity (Wildman–Crippen MR) is 63.2 cm³/mol. The number of aliphatic hydroxyl groups excluding tert-OH is 1. The second-order valence-electron chi connectivity index (χ2n) is 5.04. The molecule has 0 radical (unpaired) electrons. The number of hydrogen-bond donors (Lipinski definition) is 2. The van der Waals surface area contributed by atoms with Crippen molar-refractivity contribution in [3.63, 3.8) is 0 Å². The van der Waals surface area contributed by atoms with Gasteiger partial charge in [-0.15, -0.1) is 0 Å². The van der Waals surface area contributed by atoms with Crippen molar-refractivity contribution < 1.29 is 9.52 Å². The Bertz CT molecular complexity index is 334. The van der Waals surface area contributed by atoms with Gasteiger partial charge in [-0.05, 0) is 30.4 Å². The van der Waals surface area contributed by atoms with E-state index in [9.17, 15) is 0 Å². The van der Waals surface area contributed by atoms with Gasteiger partial charge in [0, 0.05) is 19.1 Å². The summed E-state index contributed by atoms with van der Waals surface area (Å²) in [5.74, 6) is 3.89. The summed E-state index contributed by atoms with van der Waals surface area (Å²) in [4.78, 5) is 0. The Morgan fingerprint density at radius 3 is 2.94 bits per heavy atom. The molecule has 1 aliphatic rings. The van der Waals surface area contributed by atoms with Crippen LogP contribution in [0.1, 0.15) is 37.7 Å². The van der Waals surface area contributed by atoms with Crippen molar-refractivity contribution in [3.05, 3.63) is 23.7 Å². The molecule has 1 saturated carbocycles. The van der Waals surface area contributed by atoms with E-state index in [1.807, 2.05) is 6.92 Å². The van der Waals surface area contributed by atoms with Crippen LogP contribution in [0.25, 0.3) is 0 Å². The largest absolute Gasteiger partial charge is 0.464 e. The summed E-state index contributed by atoms with van der Waals surface area (Å²) >= 11 is 0. The zero-order valence-electron chi connectivity index (χ0n) is 10.1. The van der Waals surface area contributed by atoms with E-state index >= 15 is 0 Å². The summed E-state index contributed by atoms with van der Waals surface area (Å²) in [6.45, 7) is 6.09. The highest BCUT2D eigenvalue weighted by Crippen LogP contribution is 2.47. The third-order valence-electron chi connectivity index (χ3n) is 3.26. The molecular weight excluding hydrogens is 202 g/mol. The molecule has 1 aromatic rings. The SMILES string of the molecule is CC(CO)CNCc1ccc(C2CC2C)o1.